The van der Waals surface area contributed by atoms with Gasteiger partial charge in [-0.3, -0.25) is 4.79 Å². The number of nitrogens with zero attached hydrogens (tertiary/aromatic N) is 1. The molecule has 0 fully saturated rings. The van der Waals surface area contributed by atoms with Gasteiger partial charge in [0.15, 0.2) is 0 Å². The zero-order valence-corrected chi connectivity index (χ0v) is 12.9. The van der Waals surface area contributed by atoms with Crippen LogP contribution >= 0.6 is 0 Å². The van der Waals surface area contributed by atoms with Crippen LogP contribution < -0.4 is 15.5 Å². The minimum absolute atomic E-state index is 0.309. The summed E-state index contributed by atoms with van der Waals surface area (Å²) in [4.78, 5) is 11.9. The van der Waals surface area contributed by atoms with Gasteiger partial charge in [-0.2, -0.15) is 5.10 Å². The topological polar surface area (TPSA) is 62.7 Å². The average Bonchev–Trinajstić information content (AvgIpc) is 2.57. The number of methoxy groups -OCH3 is 1. The molecule has 0 saturated carbocycles. The van der Waals surface area contributed by atoms with Gasteiger partial charge in [-0.15, -0.1) is 0 Å². The number of carbonyl (C=O) groups is 1. The van der Waals surface area contributed by atoms with E-state index in [0.717, 1.165) is 11.4 Å². The van der Waals surface area contributed by atoms with E-state index >= 15 is 0 Å². The summed E-state index contributed by atoms with van der Waals surface area (Å²) in [7, 11) is 1.59. The monoisotopic (exact) mass is 315 g/mol. The molecular formula is C17H18FN3O2. The van der Waals surface area contributed by atoms with Gasteiger partial charge in [0.2, 0.25) is 0 Å². The molecular weight excluding hydrogens is 297 g/mol. The summed E-state index contributed by atoms with van der Waals surface area (Å²) in [5.74, 6) is 0.0189. The van der Waals surface area contributed by atoms with Crippen LogP contribution in [0.4, 0.5) is 10.1 Å². The molecule has 2 aromatic rings. The first kappa shape index (κ1) is 16.5. The number of amides is 1. The number of hydrogen-bond acceptors (Lipinski definition) is 4. The van der Waals surface area contributed by atoms with Gasteiger partial charge in [0.25, 0.3) is 5.91 Å². The van der Waals surface area contributed by atoms with Crippen molar-refractivity contribution in [2.24, 2.45) is 5.10 Å². The standard InChI is InChI=1S/C17H18FN3O2/c1-12(20-14-7-9-15(23-2)10-8-14)17(22)21-19-11-13-5-3-4-6-16(13)18/h3-12,20H,1-2H3,(H,21,22)/b19-11-/t12-/m0/s1. The fourth-order valence-corrected chi connectivity index (χ4v) is 1.84. The van der Waals surface area contributed by atoms with Crippen molar-refractivity contribution in [1.29, 1.82) is 0 Å². The van der Waals surface area contributed by atoms with Gasteiger partial charge in [-0.25, -0.2) is 9.82 Å². The molecule has 2 rings (SSSR count). The minimum Gasteiger partial charge on any atom is -0.497 e. The number of hydrazone groups is 1. The van der Waals surface area contributed by atoms with Crippen LogP contribution in [0.1, 0.15) is 12.5 Å². The molecule has 1 atom stereocenters. The number of halogens is 1. The first-order valence-electron chi connectivity index (χ1n) is 7.08. The Balaban J connectivity index is 1.88. The predicted molar refractivity (Wildman–Crippen MR) is 88.2 cm³/mol. The highest BCUT2D eigenvalue weighted by molar-refractivity contribution is 5.86. The SMILES string of the molecule is COc1ccc(N[C@@H](C)C(=O)N/N=C\c2ccccc2F)cc1. The highest BCUT2D eigenvalue weighted by atomic mass is 19.1. The summed E-state index contributed by atoms with van der Waals surface area (Å²) in [5.41, 5.74) is 3.47. The maximum absolute atomic E-state index is 13.4. The van der Waals surface area contributed by atoms with Gasteiger partial charge in [0.05, 0.1) is 13.3 Å². The second-order valence-corrected chi connectivity index (χ2v) is 4.85. The van der Waals surface area contributed by atoms with Gasteiger partial charge < -0.3 is 10.1 Å². The Labute approximate surface area is 134 Å². The Morgan fingerprint density at radius 3 is 2.57 bits per heavy atom. The number of ether oxygens (including phenoxy) is 1. The van der Waals surface area contributed by atoms with Crippen LogP contribution in [0.5, 0.6) is 5.75 Å². The summed E-state index contributed by atoms with van der Waals surface area (Å²) in [6.45, 7) is 1.71. The van der Waals surface area contributed by atoms with Crippen LogP contribution in [0.15, 0.2) is 53.6 Å². The van der Waals surface area contributed by atoms with Gasteiger partial charge in [-0.05, 0) is 37.3 Å². The van der Waals surface area contributed by atoms with Crippen molar-refractivity contribution in [1.82, 2.24) is 5.43 Å². The van der Waals surface area contributed by atoms with Crippen LogP contribution in [-0.4, -0.2) is 25.3 Å². The second kappa shape index (κ2) is 7.93. The molecule has 120 valence electrons. The maximum atomic E-state index is 13.4. The summed E-state index contributed by atoms with van der Waals surface area (Å²) in [6.07, 6.45) is 1.27. The zero-order chi connectivity index (χ0) is 16.7. The largest absolute Gasteiger partial charge is 0.497 e. The fourth-order valence-electron chi connectivity index (χ4n) is 1.84. The van der Waals surface area contributed by atoms with Gasteiger partial charge >= 0.3 is 0 Å². The van der Waals surface area contributed by atoms with E-state index < -0.39 is 11.9 Å². The number of benzene rings is 2. The van der Waals surface area contributed by atoms with Crippen molar-refractivity contribution in [2.75, 3.05) is 12.4 Å². The lowest BCUT2D eigenvalue weighted by Gasteiger charge is -2.13. The Hall–Kier alpha value is -2.89. The van der Waals surface area contributed by atoms with Crippen molar-refractivity contribution in [2.45, 2.75) is 13.0 Å². The molecule has 0 saturated heterocycles. The summed E-state index contributed by atoms with van der Waals surface area (Å²) in [5, 5.41) is 6.81. The molecule has 0 aromatic heterocycles. The molecule has 0 aliphatic carbocycles. The van der Waals surface area contributed by atoms with E-state index in [1.54, 1.807) is 44.4 Å². The summed E-state index contributed by atoms with van der Waals surface area (Å²) < 4.78 is 18.5. The molecule has 0 aliphatic rings. The number of anilines is 1. The first-order valence-corrected chi connectivity index (χ1v) is 7.08. The lowest BCUT2D eigenvalue weighted by atomic mass is 10.2. The molecule has 0 heterocycles. The van der Waals surface area contributed by atoms with Crippen LogP contribution in [-0.2, 0) is 4.79 Å². The molecule has 23 heavy (non-hydrogen) atoms. The number of carbonyl (C=O) groups excluding carboxylic acids is 1. The average molecular weight is 315 g/mol. The Bertz CT molecular complexity index is 686. The van der Waals surface area contributed by atoms with Crippen LogP contribution in [0.2, 0.25) is 0 Å². The molecule has 0 bridgehead atoms. The number of rotatable bonds is 6. The molecule has 0 radical (unpaired) electrons. The van der Waals surface area contributed by atoms with Crippen LogP contribution in [0.3, 0.4) is 0 Å². The Kier molecular flexibility index (Phi) is 5.68. The zero-order valence-electron chi connectivity index (χ0n) is 12.9. The van der Waals surface area contributed by atoms with Crippen molar-refractivity contribution in [3.05, 3.63) is 59.9 Å². The van der Waals surface area contributed by atoms with E-state index in [1.165, 1.54) is 12.3 Å². The summed E-state index contributed by atoms with van der Waals surface area (Å²) >= 11 is 0. The van der Waals surface area contributed by atoms with Gasteiger partial charge in [0, 0.05) is 11.3 Å². The van der Waals surface area contributed by atoms with Crippen molar-refractivity contribution in [3.8, 4) is 5.75 Å². The number of nitrogens with one attached hydrogen (secondary N) is 2. The highest BCUT2D eigenvalue weighted by Gasteiger charge is 2.11. The van der Waals surface area contributed by atoms with Gasteiger partial charge in [0.1, 0.15) is 17.6 Å². The normalized spacial score (nSPS) is 12.0. The van der Waals surface area contributed by atoms with E-state index in [-0.39, 0.29) is 5.91 Å². The second-order valence-electron chi connectivity index (χ2n) is 4.85. The van der Waals surface area contributed by atoms with E-state index in [9.17, 15) is 9.18 Å². The third-order valence-electron chi connectivity index (χ3n) is 3.15. The van der Waals surface area contributed by atoms with E-state index in [2.05, 4.69) is 15.8 Å². The molecule has 1 amide bonds. The van der Waals surface area contributed by atoms with Gasteiger partial charge in [-0.1, -0.05) is 18.2 Å². The Morgan fingerprint density at radius 2 is 1.91 bits per heavy atom. The fraction of sp³-hybridized carbons (Fsp3) is 0.176. The van der Waals surface area contributed by atoms with Crippen LogP contribution in [0.25, 0.3) is 0 Å². The summed E-state index contributed by atoms with van der Waals surface area (Å²) in [6, 6.07) is 12.9. The quantitative estimate of drug-likeness (QED) is 0.636. The minimum atomic E-state index is -0.499. The molecule has 0 aliphatic heterocycles. The van der Waals surface area contributed by atoms with E-state index in [0.29, 0.717) is 5.56 Å². The van der Waals surface area contributed by atoms with Crippen LogP contribution in [0, 0.1) is 5.82 Å². The van der Waals surface area contributed by atoms with Crippen molar-refractivity contribution < 1.29 is 13.9 Å². The predicted octanol–water partition coefficient (Wildman–Crippen LogP) is 2.79. The van der Waals surface area contributed by atoms with E-state index in [1.807, 2.05) is 12.1 Å². The first-order chi connectivity index (χ1) is 11.1. The molecule has 0 spiro atoms. The van der Waals surface area contributed by atoms with E-state index in [4.69, 9.17) is 4.74 Å². The highest BCUT2D eigenvalue weighted by Crippen LogP contribution is 2.15. The third kappa shape index (κ3) is 4.81. The van der Waals surface area contributed by atoms with Crippen molar-refractivity contribution in [3.63, 3.8) is 0 Å². The number of hydrogen-bond donors (Lipinski definition) is 2. The lowest BCUT2D eigenvalue weighted by molar-refractivity contribution is -0.121. The smallest absolute Gasteiger partial charge is 0.262 e. The third-order valence-corrected chi connectivity index (χ3v) is 3.15. The molecule has 0 unspecified atom stereocenters. The molecule has 6 heteroatoms. The van der Waals surface area contributed by atoms with Crippen molar-refractivity contribution >= 4 is 17.8 Å². The molecule has 5 nitrogen and oxygen atoms in total. The molecule has 2 N–H and O–H groups in total. The molecule has 2 aromatic carbocycles. The Morgan fingerprint density at radius 1 is 1.22 bits per heavy atom. The lowest BCUT2D eigenvalue weighted by Crippen LogP contribution is -2.34. The maximum Gasteiger partial charge on any atom is 0.262 e.